The Kier molecular flexibility index (Phi) is 4.57. The van der Waals surface area contributed by atoms with Crippen LogP contribution < -0.4 is 0 Å². The van der Waals surface area contributed by atoms with E-state index in [4.69, 9.17) is 16.3 Å². The average molecular weight is 286 g/mol. The number of halogens is 1. The minimum absolute atomic E-state index is 0.634. The van der Waals surface area contributed by atoms with E-state index < -0.39 is 8.07 Å². The van der Waals surface area contributed by atoms with Crippen molar-refractivity contribution in [3.8, 4) is 0 Å². The third kappa shape index (κ3) is 4.79. The summed E-state index contributed by atoms with van der Waals surface area (Å²) in [5.41, 5.74) is 1.29. The third-order valence-electron chi connectivity index (χ3n) is 3.35. The van der Waals surface area contributed by atoms with Crippen LogP contribution in [0.3, 0.4) is 0 Å². The summed E-state index contributed by atoms with van der Waals surface area (Å²) in [4.78, 5) is 0. The highest BCUT2D eigenvalue weighted by Crippen LogP contribution is 2.34. The minimum Gasteiger partial charge on any atom is -0.361 e. The van der Waals surface area contributed by atoms with Crippen molar-refractivity contribution in [1.82, 2.24) is 4.57 Å². The van der Waals surface area contributed by atoms with Crippen molar-refractivity contribution in [3.63, 3.8) is 0 Å². The second-order valence-electron chi connectivity index (χ2n) is 6.64. The van der Waals surface area contributed by atoms with E-state index in [2.05, 4.69) is 30.4 Å². The van der Waals surface area contributed by atoms with E-state index in [9.17, 15) is 0 Å². The predicted octanol–water partition coefficient (Wildman–Crippen LogP) is 4.41. The van der Waals surface area contributed by atoms with Gasteiger partial charge in [-0.2, -0.15) is 0 Å². The molecule has 102 valence electrons. The molecule has 1 saturated carbocycles. The van der Waals surface area contributed by atoms with Crippen molar-refractivity contribution in [2.45, 2.75) is 51.7 Å². The van der Waals surface area contributed by atoms with Crippen LogP contribution in [0.2, 0.25) is 30.7 Å². The zero-order valence-electron chi connectivity index (χ0n) is 11.7. The number of hydrogen-bond donors (Lipinski definition) is 0. The lowest BCUT2D eigenvalue weighted by Gasteiger charge is -2.15. The maximum atomic E-state index is 6.23. The highest BCUT2D eigenvalue weighted by molar-refractivity contribution is 6.76. The van der Waals surface area contributed by atoms with E-state index in [0.717, 1.165) is 24.0 Å². The SMILES string of the molecule is C[Si](C)(C)CCOCn1cc(Cl)c(CC2CC2)c1. The first-order valence-corrected chi connectivity index (χ1v) is 10.9. The molecular formula is C14H24ClNOSi. The van der Waals surface area contributed by atoms with E-state index in [-0.39, 0.29) is 0 Å². The Bertz CT molecular complexity index is 393. The average Bonchev–Trinajstić information content (AvgIpc) is 2.99. The Morgan fingerprint density at radius 2 is 2.06 bits per heavy atom. The Balaban J connectivity index is 1.75. The third-order valence-corrected chi connectivity index (χ3v) is 5.39. The smallest absolute Gasteiger partial charge is 0.122 e. The highest BCUT2D eigenvalue weighted by Gasteiger charge is 2.23. The highest BCUT2D eigenvalue weighted by atomic mass is 35.5. The summed E-state index contributed by atoms with van der Waals surface area (Å²) < 4.78 is 7.80. The molecule has 1 aliphatic carbocycles. The number of ether oxygens (including phenoxy) is 1. The monoisotopic (exact) mass is 285 g/mol. The van der Waals surface area contributed by atoms with Crippen LogP contribution in [-0.2, 0) is 17.9 Å². The van der Waals surface area contributed by atoms with E-state index in [1.165, 1.54) is 24.4 Å². The lowest BCUT2D eigenvalue weighted by Crippen LogP contribution is -2.21. The van der Waals surface area contributed by atoms with Crippen LogP contribution in [0.15, 0.2) is 12.4 Å². The normalized spacial score (nSPS) is 16.2. The molecular weight excluding hydrogens is 262 g/mol. The number of nitrogens with zero attached hydrogens (tertiary/aromatic N) is 1. The number of rotatable bonds is 7. The van der Waals surface area contributed by atoms with Gasteiger partial charge in [0.05, 0.1) is 5.02 Å². The van der Waals surface area contributed by atoms with Crippen molar-refractivity contribution in [2.75, 3.05) is 6.61 Å². The Labute approximate surface area is 116 Å². The molecule has 1 aromatic rings. The molecule has 1 aromatic heterocycles. The van der Waals surface area contributed by atoms with Crippen molar-refractivity contribution in [1.29, 1.82) is 0 Å². The maximum Gasteiger partial charge on any atom is 0.122 e. The van der Waals surface area contributed by atoms with Gasteiger partial charge in [0.15, 0.2) is 0 Å². The van der Waals surface area contributed by atoms with Crippen LogP contribution in [0.25, 0.3) is 0 Å². The van der Waals surface area contributed by atoms with Gasteiger partial charge in [0.1, 0.15) is 6.73 Å². The molecule has 0 spiro atoms. The largest absolute Gasteiger partial charge is 0.361 e. The lowest BCUT2D eigenvalue weighted by molar-refractivity contribution is 0.0874. The second-order valence-corrected chi connectivity index (χ2v) is 12.7. The summed E-state index contributed by atoms with van der Waals surface area (Å²) in [6, 6.07) is 1.22. The first-order valence-electron chi connectivity index (χ1n) is 6.86. The van der Waals surface area contributed by atoms with Crippen LogP contribution in [0.5, 0.6) is 0 Å². The van der Waals surface area contributed by atoms with Crippen LogP contribution in [0.1, 0.15) is 18.4 Å². The van der Waals surface area contributed by atoms with Gasteiger partial charge >= 0.3 is 0 Å². The van der Waals surface area contributed by atoms with Gasteiger partial charge < -0.3 is 9.30 Å². The summed E-state index contributed by atoms with van der Waals surface area (Å²) >= 11 is 6.23. The van der Waals surface area contributed by atoms with Gasteiger partial charge in [-0.3, -0.25) is 0 Å². The molecule has 1 heterocycles. The molecule has 0 aromatic carbocycles. The van der Waals surface area contributed by atoms with Crippen molar-refractivity contribution >= 4 is 19.7 Å². The van der Waals surface area contributed by atoms with Gasteiger partial charge in [0.2, 0.25) is 0 Å². The molecule has 0 N–H and O–H groups in total. The second kappa shape index (κ2) is 5.80. The van der Waals surface area contributed by atoms with Gasteiger partial charge in [-0.25, -0.2) is 0 Å². The summed E-state index contributed by atoms with van der Waals surface area (Å²) in [7, 11) is -0.975. The van der Waals surface area contributed by atoms with Gasteiger partial charge in [-0.05, 0) is 36.8 Å². The molecule has 2 nitrogen and oxygen atoms in total. The van der Waals surface area contributed by atoms with Gasteiger partial charge in [-0.1, -0.05) is 31.2 Å². The molecule has 1 aliphatic rings. The molecule has 1 fully saturated rings. The predicted molar refractivity (Wildman–Crippen MR) is 80.0 cm³/mol. The first kappa shape index (κ1) is 14.2. The van der Waals surface area contributed by atoms with Crippen LogP contribution in [0, 0.1) is 5.92 Å². The van der Waals surface area contributed by atoms with Gasteiger partial charge in [0.25, 0.3) is 0 Å². The topological polar surface area (TPSA) is 14.2 Å². The number of hydrogen-bond acceptors (Lipinski definition) is 1. The minimum atomic E-state index is -0.975. The van der Waals surface area contributed by atoms with E-state index in [1.54, 1.807) is 0 Å². The lowest BCUT2D eigenvalue weighted by atomic mass is 10.2. The molecule has 2 rings (SSSR count). The van der Waals surface area contributed by atoms with Crippen molar-refractivity contribution < 1.29 is 4.74 Å². The molecule has 18 heavy (non-hydrogen) atoms. The molecule has 0 amide bonds. The fraction of sp³-hybridized carbons (Fsp3) is 0.714. The molecule has 0 bridgehead atoms. The first-order chi connectivity index (χ1) is 8.44. The maximum absolute atomic E-state index is 6.23. The number of aromatic nitrogens is 1. The zero-order chi connectivity index (χ0) is 13.2. The quantitative estimate of drug-likeness (QED) is 0.535. The Morgan fingerprint density at radius 1 is 1.33 bits per heavy atom. The Hall–Kier alpha value is -0.253. The summed E-state index contributed by atoms with van der Waals surface area (Å²) in [6.07, 6.45) is 8.02. The van der Waals surface area contributed by atoms with Gasteiger partial charge in [-0.15, -0.1) is 0 Å². The summed E-state index contributed by atoms with van der Waals surface area (Å²) in [5, 5.41) is 0.899. The van der Waals surface area contributed by atoms with E-state index >= 15 is 0 Å². The molecule has 4 heteroatoms. The fourth-order valence-electron chi connectivity index (χ4n) is 1.93. The van der Waals surface area contributed by atoms with Crippen molar-refractivity contribution in [2.24, 2.45) is 5.92 Å². The fourth-order valence-corrected chi connectivity index (χ4v) is 2.94. The van der Waals surface area contributed by atoms with E-state index in [0.29, 0.717) is 6.73 Å². The molecule has 0 unspecified atom stereocenters. The van der Waals surface area contributed by atoms with Gasteiger partial charge in [0, 0.05) is 27.1 Å². The van der Waals surface area contributed by atoms with Crippen LogP contribution >= 0.6 is 11.6 Å². The standard InChI is InChI=1S/C14H24ClNOSi/c1-18(2,3)7-6-17-11-16-9-13(14(15)10-16)8-12-4-5-12/h9-10,12H,4-8,11H2,1-3H3. The van der Waals surface area contributed by atoms with Crippen molar-refractivity contribution in [3.05, 3.63) is 23.0 Å². The summed E-state index contributed by atoms with van der Waals surface area (Å²) in [5.74, 6) is 0.881. The van der Waals surface area contributed by atoms with Crippen LogP contribution in [-0.4, -0.2) is 19.2 Å². The molecule has 0 aliphatic heterocycles. The van der Waals surface area contributed by atoms with E-state index in [1.807, 2.05) is 6.20 Å². The molecule has 0 saturated heterocycles. The summed E-state index contributed by atoms with van der Waals surface area (Å²) in [6.45, 7) is 8.61. The zero-order valence-corrected chi connectivity index (χ0v) is 13.5. The molecule has 0 atom stereocenters. The molecule has 0 radical (unpaired) electrons. The van der Waals surface area contributed by atoms with Crippen LogP contribution in [0.4, 0.5) is 0 Å². The Morgan fingerprint density at radius 3 is 2.67 bits per heavy atom.